The lowest BCUT2D eigenvalue weighted by atomic mass is 10.1. The number of nitrogens with zero attached hydrogens (tertiary/aromatic N) is 2. The molecule has 7 nitrogen and oxygen atoms in total. The fourth-order valence-corrected chi connectivity index (χ4v) is 4.13. The second-order valence-corrected chi connectivity index (χ2v) is 7.48. The van der Waals surface area contributed by atoms with Crippen LogP contribution < -0.4 is 19.0 Å². The van der Waals surface area contributed by atoms with Gasteiger partial charge in [0.1, 0.15) is 5.82 Å². The van der Waals surface area contributed by atoms with Crippen LogP contribution >= 0.6 is 11.3 Å². The highest BCUT2D eigenvalue weighted by molar-refractivity contribution is 7.11. The molecule has 0 aliphatic carbocycles. The molecule has 1 amide bonds. The summed E-state index contributed by atoms with van der Waals surface area (Å²) in [6, 6.07) is 8.72. The van der Waals surface area contributed by atoms with Crippen molar-refractivity contribution in [2.75, 3.05) is 21.3 Å². The highest BCUT2D eigenvalue weighted by Gasteiger charge is 2.19. The number of Topliss-reactive ketones (excluding diaryl/α,β-unsaturated/α-hetero) is 1. The number of halogens is 1. The smallest absolute Gasteiger partial charge is 0.279 e. The third-order valence-electron chi connectivity index (χ3n) is 4.56. The largest absolute Gasteiger partial charge is 0.493 e. The van der Waals surface area contributed by atoms with Crippen LogP contribution in [0.4, 0.5) is 4.39 Å². The van der Waals surface area contributed by atoms with Crippen molar-refractivity contribution in [3.63, 3.8) is 0 Å². The monoisotopic (exact) mass is 444 g/mol. The Labute approximate surface area is 182 Å². The summed E-state index contributed by atoms with van der Waals surface area (Å²) in [5.74, 6) is -0.117. The molecule has 0 spiro atoms. The van der Waals surface area contributed by atoms with Gasteiger partial charge < -0.3 is 14.2 Å². The van der Waals surface area contributed by atoms with Gasteiger partial charge in [0.25, 0.3) is 5.91 Å². The number of hydrogen-bond acceptors (Lipinski definition) is 6. The van der Waals surface area contributed by atoms with Crippen molar-refractivity contribution >= 4 is 23.0 Å². The molecule has 0 bridgehead atoms. The van der Waals surface area contributed by atoms with Crippen LogP contribution in [0.5, 0.6) is 17.2 Å². The zero-order chi connectivity index (χ0) is 22.7. The molecule has 0 saturated heterocycles. The summed E-state index contributed by atoms with van der Waals surface area (Å²) in [4.78, 5) is 30.1. The molecule has 2 aromatic carbocycles. The zero-order valence-corrected chi connectivity index (χ0v) is 18.5. The van der Waals surface area contributed by atoms with Gasteiger partial charge in [-0.15, -0.1) is 0 Å². The summed E-state index contributed by atoms with van der Waals surface area (Å²) in [6.45, 7) is 3.19. The first kappa shape index (κ1) is 22.2. The van der Waals surface area contributed by atoms with E-state index in [4.69, 9.17) is 14.2 Å². The molecule has 0 aliphatic rings. The molecule has 162 valence electrons. The molecule has 1 aromatic heterocycles. The van der Waals surface area contributed by atoms with E-state index in [2.05, 4.69) is 4.99 Å². The number of thiazole rings is 1. The lowest BCUT2D eigenvalue weighted by Crippen LogP contribution is -2.16. The van der Waals surface area contributed by atoms with Gasteiger partial charge in [-0.2, -0.15) is 4.99 Å². The van der Waals surface area contributed by atoms with Crippen molar-refractivity contribution in [3.05, 3.63) is 63.2 Å². The summed E-state index contributed by atoms with van der Waals surface area (Å²) in [7, 11) is 4.37. The van der Waals surface area contributed by atoms with Crippen LogP contribution in [0.1, 0.15) is 32.6 Å². The molecule has 0 unspecified atom stereocenters. The van der Waals surface area contributed by atoms with Crippen LogP contribution in [-0.4, -0.2) is 37.6 Å². The molecule has 0 atom stereocenters. The molecule has 0 radical (unpaired) electrons. The van der Waals surface area contributed by atoms with Crippen molar-refractivity contribution in [1.29, 1.82) is 0 Å². The molecule has 0 saturated carbocycles. The minimum atomic E-state index is -0.563. The highest BCUT2D eigenvalue weighted by Crippen LogP contribution is 2.38. The van der Waals surface area contributed by atoms with Gasteiger partial charge in [0, 0.05) is 23.9 Å². The summed E-state index contributed by atoms with van der Waals surface area (Å²) in [5.41, 5.74) is 1.41. The Bertz CT molecular complexity index is 1190. The SMILES string of the molecule is COc1cc(C(=O)N=c2sc(C(C)=O)c(C)n2-c2ccc(F)cc2)cc(OC)c1OC. The van der Waals surface area contributed by atoms with E-state index in [9.17, 15) is 14.0 Å². The van der Waals surface area contributed by atoms with Crippen molar-refractivity contribution in [2.45, 2.75) is 13.8 Å². The van der Waals surface area contributed by atoms with E-state index in [1.807, 2.05) is 0 Å². The Morgan fingerprint density at radius 3 is 2.06 bits per heavy atom. The van der Waals surface area contributed by atoms with Gasteiger partial charge in [-0.25, -0.2) is 4.39 Å². The molecule has 0 fully saturated rings. The molecule has 0 N–H and O–H groups in total. The summed E-state index contributed by atoms with van der Waals surface area (Å²) in [6.07, 6.45) is 0. The number of hydrogen-bond donors (Lipinski definition) is 0. The average molecular weight is 444 g/mol. The predicted octanol–water partition coefficient (Wildman–Crippen LogP) is 3.96. The maximum absolute atomic E-state index is 13.4. The van der Waals surface area contributed by atoms with Crippen LogP contribution in [0.15, 0.2) is 41.4 Å². The van der Waals surface area contributed by atoms with Gasteiger partial charge in [0.2, 0.25) is 5.75 Å². The molecule has 1 heterocycles. The standard InChI is InChI=1S/C22H21FN2O5S/c1-12-20(13(2)26)31-22(25(12)16-8-6-15(23)7-9-16)24-21(27)14-10-17(28-3)19(30-5)18(11-14)29-4/h6-11H,1-5H3. The number of ketones is 1. The van der Waals surface area contributed by atoms with Gasteiger partial charge in [-0.1, -0.05) is 11.3 Å². The number of methoxy groups -OCH3 is 3. The number of ether oxygens (including phenoxy) is 3. The lowest BCUT2D eigenvalue weighted by molar-refractivity contribution is 0.0994. The van der Waals surface area contributed by atoms with Crippen molar-refractivity contribution in [1.82, 2.24) is 4.57 Å². The molecule has 31 heavy (non-hydrogen) atoms. The van der Waals surface area contributed by atoms with E-state index in [1.54, 1.807) is 23.6 Å². The first-order chi connectivity index (χ1) is 14.8. The van der Waals surface area contributed by atoms with E-state index in [0.717, 1.165) is 11.3 Å². The van der Waals surface area contributed by atoms with Crippen LogP contribution in [0, 0.1) is 12.7 Å². The minimum absolute atomic E-state index is 0.153. The van der Waals surface area contributed by atoms with Gasteiger partial charge in [0.15, 0.2) is 22.1 Å². The van der Waals surface area contributed by atoms with E-state index < -0.39 is 11.7 Å². The van der Waals surface area contributed by atoms with E-state index in [-0.39, 0.29) is 16.1 Å². The van der Waals surface area contributed by atoms with Crippen molar-refractivity contribution in [2.24, 2.45) is 4.99 Å². The van der Waals surface area contributed by atoms with Gasteiger partial charge in [0.05, 0.1) is 26.2 Å². The molecular weight excluding hydrogens is 423 g/mol. The maximum Gasteiger partial charge on any atom is 0.279 e. The Kier molecular flexibility index (Phi) is 6.55. The first-order valence-electron chi connectivity index (χ1n) is 9.19. The van der Waals surface area contributed by atoms with Gasteiger partial charge >= 0.3 is 0 Å². The van der Waals surface area contributed by atoms with Crippen LogP contribution in [0.25, 0.3) is 5.69 Å². The number of aromatic nitrogens is 1. The highest BCUT2D eigenvalue weighted by atomic mass is 32.1. The second-order valence-electron chi connectivity index (χ2n) is 6.50. The second kappa shape index (κ2) is 9.13. The number of rotatable bonds is 6. The zero-order valence-electron chi connectivity index (χ0n) is 17.7. The van der Waals surface area contributed by atoms with Crippen LogP contribution in [-0.2, 0) is 0 Å². The Balaban J connectivity index is 2.20. The maximum atomic E-state index is 13.4. The quantitative estimate of drug-likeness (QED) is 0.538. The van der Waals surface area contributed by atoms with Crippen LogP contribution in [0.2, 0.25) is 0 Å². The number of benzene rings is 2. The Morgan fingerprint density at radius 2 is 1.58 bits per heavy atom. The number of amides is 1. The molecule has 9 heteroatoms. The molecule has 3 rings (SSSR count). The van der Waals surface area contributed by atoms with Crippen molar-refractivity contribution in [3.8, 4) is 22.9 Å². The lowest BCUT2D eigenvalue weighted by Gasteiger charge is -2.12. The first-order valence-corrected chi connectivity index (χ1v) is 10.0. The number of carbonyl (C=O) groups excluding carboxylic acids is 2. The van der Waals surface area contributed by atoms with E-state index >= 15 is 0 Å². The Morgan fingerprint density at radius 1 is 1.00 bits per heavy atom. The molecule has 0 aliphatic heterocycles. The van der Waals surface area contributed by atoms with Gasteiger partial charge in [-0.3, -0.25) is 14.2 Å². The van der Waals surface area contributed by atoms with Gasteiger partial charge in [-0.05, 0) is 43.3 Å². The van der Waals surface area contributed by atoms with E-state index in [1.165, 1.54) is 52.5 Å². The summed E-state index contributed by atoms with van der Waals surface area (Å²) < 4.78 is 30.9. The Hall–Kier alpha value is -3.46. The minimum Gasteiger partial charge on any atom is -0.493 e. The third kappa shape index (κ3) is 4.36. The summed E-state index contributed by atoms with van der Waals surface area (Å²) in [5, 5.41) is 0. The van der Waals surface area contributed by atoms with Crippen molar-refractivity contribution < 1.29 is 28.2 Å². The summed E-state index contributed by atoms with van der Waals surface area (Å²) >= 11 is 1.09. The van der Waals surface area contributed by atoms with E-state index in [0.29, 0.717) is 33.5 Å². The topological polar surface area (TPSA) is 79.1 Å². The predicted molar refractivity (Wildman–Crippen MR) is 114 cm³/mol. The fraction of sp³-hybridized carbons (Fsp3) is 0.227. The third-order valence-corrected chi connectivity index (χ3v) is 5.81. The molecular formula is C22H21FN2O5S. The molecule has 3 aromatic rings. The fourth-order valence-electron chi connectivity index (χ4n) is 3.11. The average Bonchev–Trinajstić information content (AvgIpc) is 3.09. The number of carbonyl (C=O) groups is 2. The normalized spacial score (nSPS) is 11.4. The van der Waals surface area contributed by atoms with Crippen LogP contribution in [0.3, 0.4) is 0 Å².